The Morgan fingerprint density at radius 1 is 1.11 bits per heavy atom. The molecule has 3 N–H and O–H groups in total. The van der Waals surface area contributed by atoms with Crippen molar-refractivity contribution in [3.05, 3.63) is 51.9 Å². The van der Waals surface area contributed by atoms with Crippen LogP contribution in [0.5, 0.6) is 11.5 Å². The van der Waals surface area contributed by atoms with E-state index in [0.717, 1.165) is 16.5 Å². The standard InChI is InChI=1S/C19H16ClN3O4S/c1-2-10-3-5-12-15(7-10)28-17(16(12)20)18(24)22-23-19(25)21-11-4-6-13-14(8-11)27-9-26-13/h3-8H,2,9H2,1H3,(H,22,24)(H2,21,23,25). The first-order chi connectivity index (χ1) is 13.5. The van der Waals surface area contributed by atoms with Gasteiger partial charge in [-0.25, -0.2) is 10.2 Å². The number of ether oxygens (including phenoxy) is 2. The van der Waals surface area contributed by atoms with Crippen LogP contribution in [0, 0.1) is 0 Å². The number of thiophene rings is 1. The van der Waals surface area contributed by atoms with Gasteiger partial charge < -0.3 is 14.8 Å². The molecule has 144 valence electrons. The smallest absolute Gasteiger partial charge is 0.337 e. The van der Waals surface area contributed by atoms with Crippen LogP contribution in [0.4, 0.5) is 10.5 Å². The Hall–Kier alpha value is -2.97. The van der Waals surface area contributed by atoms with Crippen LogP contribution in [0.2, 0.25) is 5.02 Å². The van der Waals surface area contributed by atoms with Crippen molar-refractivity contribution in [3.8, 4) is 11.5 Å². The summed E-state index contributed by atoms with van der Waals surface area (Å²) in [5.41, 5.74) is 6.36. The van der Waals surface area contributed by atoms with Crippen LogP contribution in [0.1, 0.15) is 22.2 Å². The van der Waals surface area contributed by atoms with E-state index in [1.54, 1.807) is 18.2 Å². The molecule has 7 nitrogen and oxygen atoms in total. The third-order valence-corrected chi connectivity index (χ3v) is 5.88. The topological polar surface area (TPSA) is 88.7 Å². The Labute approximate surface area is 169 Å². The molecule has 0 aliphatic carbocycles. The number of nitrogens with one attached hydrogen (secondary N) is 3. The number of carbonyl (C=O) groups is 2. The number of hydrogen-bond donors (Lipinski definition) is 3. The molecule has 2 heterocycles. The third kappa shape index (κ3) is 3.56. The molecule has 28 heavy (non-hydrogen) atoms. The molecule has 4 rings (SSSR count). The fraction of sp³-hybridized carbons (Fsp3) is 0.158. The van der Waals surface area contributed by atoms with E-state index < -0.39 is 11.9 Å². The summed E-state index contributed by atoms with van der Waals surface area (Å²) < 4.78 is 11.4. The van der Waals surface area contributed by atoms with E-state index in [2.05, 4.69) is 23.1 Å². The van der Waals surface area contributed by atoms with Gasteiger partial charge in [0.25, 0.3) is 5.91 Å². The molecular formula is C19H16ClN3O4S. The third-order valence-electron chi connectivity index (χ3n) is 4.23. The number of hydrogen-bond acceptors (Lipinski definition) is 5. The van der Waals surface area contributed by atoms with Gasteiger partial charge in [-0.1, -0.05) is 30.7 Å². The minimum Gasteiger partial charge on any atom is -0.454 e. The Balaban J connectivity index is 1.40. The summed E-state index contributed by atoms with van der Waals surface area (Å²) in [6.45, 7) is 2.21. The summed E-state index contributed by atoms with van der Waals surface area (Å²) in [6.07, 6.45) is 0.897. The Kier molecular flexibility index (Phi) is 4.97. The van der Waals surface area contributed by atoms with E-state index in [1.165, 1.54) is 16.9 Å². The second kappa shape index (κ2) is 7.57. The lowest BCUT2D eigenvalue weighted by Crippen LogP contribution is -2.43. The highest BCUT2D eigenvalue weighted by Gasteiger charge is 2.18. The van der Waals surface area contributed by atoms with Gasteiger partial charge in [-0.3, -0.25) is 10.2 Å². The molecule has 1 aliphatic heterocycles. The molecule has 0 fully saturated rings. The summed E-state index contributed by atoms with van der Waals surface area (Å²) >= 11 is 7.63. The number of hydrazine groups is 1. The van der Waals surface area contributed by atoms with Gasteiger partial charge in [-0.15, -0.1) is 11.3 Å². The molecule has 9 heteroatoms. The zero-order valence-corrected chi connectivity index (χ0v) is 16.4. The largest absolute Gasteiger partial charge is 0.454 e. The predicted octanol–water partition coefficient (Wildman–Crippen LogP) is 4.31. The zero-order chi connectivity index (χ0) is 19.7. The van der Waals surface area contributed by atoms with Gasteiger partial charge in [-0.2, -0.15) is 0 Å². The number of urea groups is 1. The lowest BCUT2D eigenvalue weighted by molar-refractivity contribution is 0.0942. The van der Waals surface area contributed by atoms with Gasteiger partial charge in [0.05, 0.1) is 5.02 Å². The van der Waals surface area contributed by atoms with Crippen LogP contribution >= 0.6 is 22.9 Å². The van der Waals surface area contributed by atoms with E-state index in [1.807, 2.05) is 18.2 Å². The van der Waals surface area contributed by atoms with Gasteiger partial charge >= 0.3 is 6.03 Å². The van der Waals surface area contributed by atoms with Crippen LogP contribution in [-0.4, -0.2) is 18.7 Å². The minimum atomic E-state index is -0.599. The Bertz CT molecular complexity index is 1080. The lowest BCUT2D eigenvalue weighted by atomic mass is 10.1. The van der Waals surface area contributed by atoms with E-state index in [4.69, 9.17) is 21.1 Å². The second-order valence-corrected chi connectivity index (χ2v) is 7.46. The average Bonchev–Trinajstić information content (AvgIpc) is 3.29. The van der Waals surface area contributed by atoms with Gasteiger partial charge in [-0.05, 0) is 30.2 Å². The van der Waals surface area contributed by atoms with Crippen molar-refractivity contribution < 1.29 is 19.1 Å². The van der Waals surface area contributed by atoms with Gasteiger partial charge in [0, 0.05) is 21.8 Å². The molecule has 3 aromatic rings. The van der Waals surface area contributed by atoms with Crippen molar-refractivity contribution in [2.45, 2.75) is 13.3 Å². The number of halogens is 1. The highest BCUT2D eigenvalue weighted by molar-refractivity contribution is 7.21. The van der Waals surface area contributed by atoms with Crippen molar-refractivity contribution >= 4 is 50.6 Å². The zero-order valence-electron chi connectivity index (χ0n) is 14.8. The maximum Gasteiger partial charge on any atom is 0.337 e. The molecule has 0 atom stereocenters. The minimum absolute atomic E-state index is 0.150. The van der Waals surface area contributed by atoms with Crippen molar-refractivity contribution in [1.29, 1.82) is 0 Å². The molecule has 0 radical (unpaired) electrons. The summed E-state index contributed by atoms with van der Waals surface area (Å²) in [5, 5.41) is 3.80. The van der Waals surface area contributed by atoms with Gasteiger partial charge in [0.1, 0.15) is 4.88 Å². The first kappa shape index (κ1) is 18.4. The first-order valence-electron chi connectivity index (χ1n) is 8.53. The molecule has 1 aliphatic rings. The molecule has 1 aromatic heterocycles. The second-order valence-electron chi connectivity index (χ2n) is 6.03. The SMILES string of the molecule is CCc1ccc2c(Cl)c(C(=O)NNC(=O)Nc3ccc4c(c3)OCO4)sc2c1. The van der Waals surface area contributed by atoms with Crippen LogP contribution < -0.4 is 25.6 Å². The predicted molar refractivity (Wildman–Crippen MR) is 108 cm³/mol. The quantitative estimate of drug-likeness (QED) is 0.554. The van der Waals surface area contributed by atoms with Crippen LogP contribution in [0.25, 0.3) is 10.1 Å². The van der Waals surface area contributed by atoms with E-state index in [-0.39, 0.29) is 6.79 Å². The summed E-state index contributed by atoms with van der Waals surface area (Å²) in [6, 6.07) is 10.3. The van der Waals surface area contributed by atoms with Crippen LogP contribution in [-0.2, 0) is 6.42 Å². The van der Waals surface area contributed by atoms with Crippen molar-refractivity contribution in [1.82, 2.24) is 10.9 Å². The molecule has 0 saturated heterocycles. The number of amides is 3. The monoisotopic (exact) mass is 417 g/mol. The summed E-state index contributed by atoms with van der Waals surface area (Å²) in [4.78, 5) is 24.8. The highest BCUT2D eigenvalue weighted by Crippen LogP contribution is 2.36. The normalized spacial score (nSPS) is 12.1. The van der Waals surface area contributed by atoms with Crippen molar-refractivity contribution in [2.24, 2.45) is 0 Å². The molecule has 0 spiro atoms. The molecule has 0 bridgehead atoms. The van der Waals surface area contributed by atoms with Crippen molar-refractivity contribution in [3.63, 3.8) is 0 Å². The van der Waals surface area contributed by atoms with E-state index >= 15 is 0 Å². The number of anilines is 1. The molecular weight excluding hydrogens is 402 g/mol. The molecule has 2 aromatic carbocycles. The van der Waals surface area contributed by atoms with Crippen LogP contribution in [0.15, 0.2) is 36.4 Å². The Morgan fingerprint density at radius 3 is 2.75 bits per heavy atom. The maximum absolute atomic E-state index is 12.4. The number of aryl methyl sites for hydroxylation is 1. The number of fused-ring (bicyclic) bond motifs is 2. The molecule has 0 unspecified atom stereocenters. The van der Waals surface area contributed by atoms with Gasteiger partial charge in [0.2, 0.25) is 6.79 Å². The maximum atomic E-state index is 12.4. The number of carbonyl (C=O) groups excluding carboxylic acids is 2. The number of rotatable bonds is 3. The van der Waals surface area contributed by atoms with E-state index in [0.29, 0.717) is 27.1 Å². The number of benzene rings is 2. The van der Waals surface area contributed by atoms with E-state index in [9.17, 15) is 9.59 Å². The molecule has 0 saturated carbocycles. The average molecular weight is 418 g/mol. The van der Waals surface area contributed by atoms with Crippen molar-refractivity contribution in [2.75, 3.05) is 12.1 Å². The van der Waals surface area contributed by atoms with Gasteiger partial charge in [0.15, 0.2) is 11.5 Å². The molecule has 3 amide bonds. The Morgan fingerprint density at radius 2 is 1.93 bits per heavy atom. The fourth-order valence-electron chi connectivity index (χ4n) is 2.78. The summed E-state index contributed by atoms with van der Waals surface area (Å²) in [7, 11) is 0. The fourth-order valence-corrected chi connectivity index (χ4v) is 4.26. The lowest BCUT2D eigenvalue weighted by Gasteiger charge is -2.09. The first-order valence-corrected chi connectivity index (χ1v) is 9.72. The summed E-state index contributed by atoms with van der Waals surface area (Å²) in [5.74, 6) is 0.681. The van der Waals surface area contributed by atoms with Crippen LogP contribution in [0.3, 0.4) is 0 Å². The highest BCUT2D eigenvalue weighted by atomic mass is 35.5.